The quantitative estimate of drug-likeness (QED) is 0.594. The second kappa shape index (κ2) is 4.87. The maximum Gasteiger partial charge on any atom is 0.125 e. The molecule has 0 fully saturated rings. The second-order valence-electron chi connectivity index (χ2n) is 3.58. The SMILES string of the molecule is Cc1nccc(C(Cc2ccoc2)NN)n1. The average Bonchev–Trinajstić information content (AvgIpc) is 2.78. The van der Waals surface area contributed by atoms with Gasteiger partial charge in [0.25, 0.3) is 0 Å². The van der Waals surface area contributed by atoms with Crippen LogP contribution >= 0.6 is 0 Å². The van der Waals surface area contributed by atoms with Crippen LogP contribution in [0.3, 0.4) is 0 Å². The fraction of sp³-hybridized carbons (Fsp3) is 0.273. The van der Waals surface area contributed by atoms with Crippen LogP contribution < -0.4 is 11.3 Å². The summed E-state index contributed by atoms with van der Waals surface area (Å²) in [5.74, 6) is 6.27. The van der Waals surface area contributed by atoms with Crippen LogP contribution in [-0.2, 0) is 6.42 Å². The molecule has 2 rings (SSSR count). The van der Waals surface area contributed by atoms with Gasteiger partial charge in [-0.3, -0.25) is 11.3 Å². The highest BCUT2D eigenvalue weighted by molar-refractivity contribution is 5.14. The first kappa shape index (κ1) is 10.8. The summed E-state index contributed by atoms with van der Waals surface area (Å²) in [5.41, 5.74) is 4.72. The fourth-order valence-electron chi connectivity index (χ4n) is 1.56. The van der Waals surface area contributed by atoms with Crippen molar-refractivity contribution in [3.8, 4) is 0 Å². The molecule has 0 saturated heterocycles. The van der Waals surface area contributed by atoms with E-state index in [0.717, 1.165) is 23.5 Å². The maximum atomic E-state index is 5.53. The van der Waals surface area contributed by atoms with Gasteiger partial charge < -0.3 is 4.42 Å². The fourth-order valence-corrected chi connectivity index (χ4v) is 1.56. The first-order valence-corrected chi connectivity index (χ1v) is 5.06. The molecule has 0 aliphatic rings. The Balaban J connectivity index is 2.16. The molecule has 0 bridgehead atoms. The van der Waals surface area contributed by atoms with E-state index in [2.05, 4.69) is 15.4 Å². The first-order chi connectivity index (χ1) is 7.79. The van der Waals surface area contributed by atoms with Crippen molar-refractivity contribution in [2.24, 2.45) is 5.84 Å². The minimum absolute atomic E-state index is 0.0284. The van der Waals surface area contributed by atoms with Crippen molar-refractivity contribution in [1.82, 2.24) is 15.4 Å². The number of nitrogens with zero attached hydrogens (tertiary/aromatic N) is 2. The highest BCUT2D eigenvalue weighted by Crippen LogP contribution is 2.15. The summed E-state index contributed by atoms with van der Waals surface area (Å²) in [7, 11) is 0. The van der Waals surface area contributed by atoms with Crippen molar-refractivity contribution in [3.05, 3.63) is 47.9 Å². The standard InChI is InChI=1S/C11H14N4O/c1-8-13-4-2-10(14-8)11(15-12)6-9-3-5-16-7-9/h2-5,7,11,15H,6,12H2,1H3. The van der Waals surface area contributed by atoms with Crippen LogP contribution in [0.1, 0.15) is 23.1 Å². The normalized spacial score (nSPS) is 12.6. The largest absolute Gasteiger partial charge is 0.472 e. The smallest absolute Gasteiger partial charge is 0.125 e. The molecule has 0 saturated carbocycles. The van der Waals surface area contributed by atoms with Gasteiger partial charge in [0.2, 0.25) is 0 Å². The predicted octanol–water partition coefficient (Wildman–Crippen LogP) is 1.13. The summed E-state index contributed by atoms with van der Waals surface area (Å²) >= 11 is 0. The van der Waals surface area contributed by atoms with Crippen molar-refractivity contribution in [3.63, 3.8) is 0 Å². The second-order valence-corrected chi connectivity index (χ2v) is 3.58. The van der Waals surface area contributed by atoms with Crippen molar-refractivity contribution in [2.45, 2.75) is 19.4 Å². The molecule has 0 radical (unpaired) electrons. The van der Waals surface area contributed by atoms with Gasteiger partial charge in [-0.25, -0.2) is 9.97 Å². The highest BCUT2D eigenvalue weighted by atomic mass is 16.3. The summed E-state index contributed by atoms with van der Waals surface area (Å²) < 4.78 is 5.02. The molecule has 2 aromatic rings. The van der Waals surface area contributed by atoms with E-state index in [0.29, 0.717) is 0 Å². The van der Waals surface area contributed by atoms with Crippen LogP contribution in [0.2, 0.25) is 0 Å². The Kier molecular flexibility index (Phi) is 3.28. The zero-order valence-electron chi connectivity index (χ0n) is 9.05. The number of aryl methyl sites for hydroxylation is 1. The van der Waals surface area contributed by atoms with Crippen LogP contribution in [0.5, 0.6) is 0 Å². The van der Waals surface area contributed by atoms with Gasteiger partial charge >= 0.3 is 0 Å². The Labute approximate surface area is 93.7 Å². The maximum absolute atomic E-state index is 5.53. The van der Waals surface area contributed by atoms with Crippen molar-refractivity contribution in [1.29, 1.82) is 0 Å². The molecule has 3 N–H and O–H groups in total. The predicted molar refractivity (Wildman–Crippen MR) is 59.2 cm³/mol. The van der Waals surface area contributed by atoms with E-state index in [1.54, 1.807) is 18.7 Å². The van der Waals surface area contributed by atoms with E-state index < -0.39 is 0 Å². The molecule has 0 aromatic carbocycles. The number of nitrogens with one attached hydrogen (secondary N) is 1. The van der Waals surface area contributed by atoms with Crippen LogP contribution in [0.4, 0.5) is 0 Å². The number of hydrogen-bond acceptors (Lipinski definition) is 5. The lowest BCUT2D eigenvalue weighted by Gasteiger charge is -2.14. The third-order valence-corrected chi connectivity index (χ3v) is 2.38. The molecule has 5 nitrogen and oxygen atoms in total. The monoisotopic (exact) mass is 218 g/mol. The van der Waals surface area contributed by atoms with Gasteiger partial charge in [0, 0.05) is 6.20 Å². The molecular formula is C11H14N4O. The van der Waals surface area contributed by atoms with E-state index in [4.69, 9.17) is 10.3 Å². The topological polar surface area (TPSA) is 77.0 Å². The summed E-state index contributed by atoms with van der Waals surface area (Å²) in [5, 5.41) is 0. The highest BCUT2D eigenvalue weighted by Gasteiger charge is 2.12. The molecule has 84 valence electrons. The number of hydrogen-bond donors (Lipinski definition) is 2. The van der Waals surface area contributed by atoms with E-state index in [1.807, 2.05) is 19.1 Å². The van der Waals surface area contributed by atoms with Gasteiger partial charge in [-0.05, 0) is 31.0 Å². The minimum atomic E-state index is -0.0284. The lowest BCUT2D eigenvalue weighted by Crippen LogP contribution is -2.30. The molecule has 5 heteroatoms. The van der Waals surface area contributed by atoms with Crippen LogP contribution in [0.15, 0.2) is 35.3 Å². The molecule has 1 atom stereocenters. The van der Waals surface area contributed by atoms with E-state index in [9.17, 15) is 0 Å². The summed E-state index contributed by atoms with van der Waals surface area (Å²) in [6, 6.07) is 3.75. The third-order valence-electron chi connectivity index (χ3n) is 2.38. The van der Waals surface area contributed by atoms with Gasteiger partial charge in [0.1, 0.15) is 5.82 Å². The number of hydrazine groups is 1. The van der Waals surface area contributed by atoms with Gasteiger partial charge in [0.05, 0.1) is 24.3 Å². The number of aromatic nitrogens is 2. The summed E-state index contributed by atoms with van der Waals surface area (Å²) in [6.07, 6.45) is 5.83. The van der Waals surface area contributed by atoms with Crippen LogP contribution in [-0.4, -0.2) is 9.97 Å². The van der Waals surface area contributed by atoms with Gasteiger partial charge in [-0.2, -0.15) is 0 Å². The van der Waals surface area contributed by atoms with E-state index in [1.165, 1.54) is 0 Å². The number of nitrogens with two attached hydrogens (primary N) is 1. The molecule has 2 heterocycles. The minimum Gasteiger partial charge on any atom is -0.472 e. The third kappa shape index (κ3) is 2.44. The Bertz CT molecular complexity index is 441. The molecule has 0 spiro atoms. The molecule has 2 aromatic heterocycles. The first-order valence-electron chi connectivity index (χ1n) is 5.06. The van der Waals surface area contributed by atoms with Crippen LogP contribution in [0.25, 0.3) is 0 Å². The van der Waals surface area contributed by atoms with Crippen LogP contribution in [0, 0.1) is 6.92 Å². The molecule has 0 amide bonds. The van der Waals surface area contributed by atoms with Gasteiger partial charge in [-0.15, -0.1) is 0 Å². The molecular weight excluding hydrogens is 204 g/mol. The Morgan fingerprint density at radius 1 is 1.50 bits per heavy atom. The molecule has 0 aliphatic carbocycles. The van der Waals surface area contributed by atoms with E-state index >= 15 is 0 Å². The van der Waals surface area contributed by atoms with Gasteiger partial charge in [0.15, 0.2) is 0 Å². The Hall–Kier alpha value is -1.72. The molecule has 16 heavy (non-hydrogen) atoms. The summed E-state index contributed by atoms with van der Waals surface area (Å²) in [4.78, 5) is 8.40. The summed E-state index contributed by atoms with van der Waals surface area (Å²) in [6.45, 7) is 1.86. The Morgan fingerprint density at radius 2 is 2.38 bits per heavy atom. The lowest BCUT2D eigenvalue weighted by atomic mass is 10.1. The van der Waals surface area contributed by atoms with E-state index in [-0.39, 0.29) is 6.04 Å². The van der Waals surface area contributed by atoms with Crippen molar-refractivity contribution >= 4 is 0 Å². The number of furan rings is 1. The van der Waals surface area contributed by atoms with Crippen molar-refractivity contribution < 1.29 is 4.42 Å². The zero-order valence-corrected chi connectivity index (χ0v) is 9.05. The average molecular weight is 218 g/mol. The van der Waals surface area contributed by atoms with Crippen molar-refractivity contribution in [2.75, 3.05) is 0 Å². The zero-order chi connectivity index (χ0) is 11.4. The number of rotatable bonds is 4. The molecule has 0 aliphatic heterocycles. The van der Waals surface area contributed by atoms with Gasteiger partial charge in [-0.1, -0.05) is 0 Å². The lowest BCUT2D eigenvalue weighted by molar-refractivity contribution is 0.525. The molecule has 1 unspecified atom stereocenters. The Morgan fingerprint density at radius 3 is 3.00 bits per heavy atom.